The van der Waals surface area contributed by atoms with E-state index < -0.39 is 32.5 Å². The molecule has 1 fully saturated rings. The molecule has 2 aromatic carbocycles. The molecule has 1 saturated carbocycles. The highest BCUT2D eigenvalue weighted by atomic mass is 32.2. The van der Waals surface area contributed by atoms with E-state index >= 15 is 0 Å². The fraction of sp³-hybridized carbons (Fsp3) is 0.235. The lowest BCUT2D eigenvalue weighted by molar-refractivity contribution is 0.0952. The van der Waals surface area contributed by atoms with Gasteiger partial charge >= 0.3 is 0 Å². The maximum atomic E-state index is 13.8. The Bertz CT molecular complexity index is 912. The molecule has 0 radical (unpaired) electrons. The zero-order valence-corrected chi connectivity index (χ0v) is 13.9. The van der Waals surface area contributed by atoms with Gasteiger partial charge in [0.15, 0.2) is 0 Å². The van der Waals surface area contributed by atoms with E-state index in [2.05, 4.69) is 10.0 Å². The average molecular weight is 366 g/mol. The van der Waals surface area contributed by atoms with Gasteiger partial charge in [0, 0.05) is 12.6 Å². The minimum atomic E-state index is -4.31. The summed E-state index contributed by atoms with van der Waals surface area (Å²) in [4.78, 5) is 11.6. The predicted molar refractivity (Wildman–Crippen MR) is 88.7 cm³/mol. The van der Waals surface area contributed by atoms with Crippen LogP contribution in [0.15, 0.2) is 47.4 Å². The van der Waals surface area contributed by atoms with Crippen LogP contribution in [-0.2, 0) is 10.0 Å². The van der Waals surface area contributed by atoms with Crippen LogP contribution in [0.25, 0.3) is 0 Å². The molecule has 0 heterocycles. The van der Waals surface area contributed by atoms with Crippen molar-refractivity contribution >= 4 is 21.6 Å². The van der Waals surface area contributed by atoms with E-state index in [1.54, 1.807) is 12.1 Å². The van der Waals surface area contributed by atoms with Crippen molar-refractivity contribution in [3.8, 4) is 0 Å². The maximum Gasteiger partial charge on any atom is 0.264 e. The minimum Gasteiger partial charge on any atom is -0.352 e. The summed E-state index contributed by atoms with van der Waals surface area (Å²) >= 11 is 0. The van der Waals surface area contributed by atoms with E-state index in [0.717, 1.165) is 25.0 Å². The zero-order chi connectivity index (χ0) is 18.0. The van der Waals surface area contributed by atoms with Crippen molar-refractivity contribution in [2.45, 2.75) is 17.7 Å². The Labute approximate surface area is 144 Å². The number of nitrogens with one attached hydrogen (secondary N) is 2. The summed E-state index contributed by atoms with van der Waals surface area (Å²) in [5.74, 6) is -2.02. The number of carbonyl (C=O) groups is 1. The summed E-state index contributed by atoms with van der Waals surface area (Å²) in [5, 5.41) is 2.75. The first kappa shape index (κ1) is 17.3. The summed E-state index contributed by atoms with van der Waals surface area (Å²) in [6.45, 7) is 0.534. The van der Waals surface area contributed by atoms with Crippen LogP contribution in [0.4, 0.5) is 14.5 Å². The Hall–Kier alpha value is -2.48. The Balaban J connectivity index is 1.85. The van der Waals surface area contributed by atoms with E-state index in [1.165, 1.54) is 12.1 Å². The molecule has 8 heteroatoms. The molecule has 5 nitrogen and oxygen atoms in total. The lowest BCUT2D eigenvalue weighted by atomic mass is 10.1. The molecule has 132 valence electrons. The molecule has 1 amide bonds. The highest BCUT2D eigenvalue weighted by molar-refractivity contribution is 7.92. The Morgan fingerprint density at radius 2 is 1.84 bits per heavy atom. The molecular formula is C17H16F2N2O3S. The number of carbonyl (C=O) groups excluding carboxylic acids is 1. The van der Waals surface area contributed by atoms with Gasteiger partial charge in [-0.1, -0.05) is 12.1 Å². The molecular weight excluding hydrogens is 350 g/mol. The molecule has 1 aliphatic carbocycles. The van der Waals surface area contributed by atoms with Crippen LogP contribution < -0.4 is 10.0 Å². The van der Waals surface area contributed by atoms with Gasteiger partial charge in [-0.05, 0) is 43.0 Å². The van der Waals surface area contributed by atoms with Crippen molar-refractivity contribution in [1.29, 1.82) is 0 Å². The average Bonchev–Trinajstić information content (AvgIpc) is 3.36. The van der Waals surface area contributed by atoms with Crippen LogP contribution in [0.2, 0.25) is 0 Å². The molecule has 0 atom stereocenters. The van der Waals surface area contributed by atoms with Crippen LogP contribution in [0.3, 0.4) is 0 Å². The van der Waals surface area contributed by atoms with Crippen molar-refractivity contribution in [1.82, 2.24) is 5.32 Å². The molecule has 0 saturated heterocycles. The first-order valence-corrected chi connectivity index (χ1v) is 9.20. The number of anilines is 1. The number of halogens is 2. The first-order valence-electron chi connectivity index (χ1n) is 7.72. The van der Waals surface area contributed by atoms with Gasteiger partial charge in [0.1, 0.15) is 16.5 Å². The highest BCUT2D eigenvalue weighted by Gasteiger charge is 2.24. The van der Waals surface area contributed by atoms with E-state index in [-0.39, 0.29) is 11.3 Å². The maximum absolute atomic E-state index is 13.8. The third-order valence-electron chi connectivity index (χ3n) is 3.85. The lowest BCUT2D eigenvalue weighted by Gasteiger charge is -2.13. The first-order chi connectivity index (χ1) is 11.9. The molecule has 2 N–H and O–H groups in total. The lowest BCUT2D eigenvalue weighted by Crippen LogP contribution is -2.27. The van der Waals surface area contributed by atoms with Gasteiger partial charge in [-0.25, -0.2) is 17.2 Å². The number of hydrogen-bond acceptors (Lipinski definition) is 3. The van der Waals surface area contributed by atoms with Crippen LogP contribution >= 0.6 is 0 Å². The smallest absolute Gasteiger partial charge is 0.264 e. The summed E-state index contributed by atoms with van der Waals surface area (Å²) in [5.41, 5.74) is 0.161. The predicted octanol–water partition coefficient (Wildman–Crippen LogP) is 2.91. The normalized spacial score (nSPS) is 14.2. The Morgan fingerprint density at radius 1 is 1.12 bits per heavy atom. The number of sulfonamides is 1. The van der Waals surface area contributed by atoms with Gasteiger partial charge < -0.3 is 5.32 Å². The standard InChI is InChI=1S/C17H16F2N2O3S/c18-12-7-8-16(14(19)9-12)25(23,24)21-15-4-2-1-3-13(15)17(22)20-10-11-5-6-11/h1-4,7-9,11,21H,5-6,10H2,(H,20,22). The van der Waals surface area contributed by atoms with Crippen LogP contribution in [0.1, 0.15) is 23.2 Å². The topological polar surface area (TPSA) is 75.3 Å². The van der Waals surface area contributed by atoms with E-state index in [0.29, 0.717) is 18.5 Å². The molecule has 0 aliphatic heterocycles. The minimum absolute atomic E-state index is 0.0273. The van der Waals surface area contributed by atoms with Gasteiger partial charge in [-0.3, -0.25) is 9.52 Å². The SMILES string of the molecule is O=C(NCC1CC1)c1ccccc1NS(=O)(=O)c1ccc(F)cc1F. The van der Waals surface area contributed by atoms with Gasteiger partial charge in [-0.2, -0.15) is 0 Å². The third kappa shape index (κ3) is 4.14. The largest absolute Gasteiger partial charge is 0.352 e. The second-order valence-corrected chi connectivity index (χ2v) is 7.53. The fourth-order valence-electron chi connectivity index (χ4n) is 2.32. The number of amides is 1. The molecule has 2 aromatic rings. The van der Waals surface area contributed by atoms with E-state index in [1.807, 2.05) is 0 Å². The monoisotopic (exact) mass is 366 g/mol. The summed E-state index contributed by atoms with van der Waals surface area (Å²) in [6, 6.07) is 8.21. The number of hydrogen-bond donors (Lipinski definition) is 2. The molecule has 25 heavy (non-hydrogen) atoms. The third-order valence-corrected chi connectivity index (χ3v) is 5.25. The van der Waals surface area contributed by atoms with Crippen LogP contribution in [0, 0.1) is 17.6 Å². The van der Waals surface area contributed by atoms with Gasteiger partial charge in [0.25, 0.3) is 15.9 Å². The Kier molecular flexibility index (Phi) is 4.71. The zero-order valence-electron chi connectivity index (χ0n) is 13.1. The highest BCUT2D eigenvalue weighted by Crippen LogP contribution is 2.28. The summed E-state index contributed by atoms with van der Waals surface area (Å²) in [6.07, 6.45) is 2.14. The number of para-hydroxylation sites is 1. The second-order valence-electron chi connectivity index (χ2n) is 5.88. The molecule has 0 unspecified atom stereocenters. The Morgan fingerprint density at radius 3 is 2.52 bits per heavy atom. The molecule has 0 spiro atoms. The van der Waals surface area contributed by atoms with Gasteiger partial charge in [0.2, 0.25) is 0 Å². The molecule has 1 aliphatic rings. The van der Waals surface area contributed by atoms with Crippen LogP contribution in [0.5, 0.6) is 0 Å². The van der Waals surface area contributed by atoms with E-state index in [9.17, 15) is 22.0 Å². The van der Waals surface area contributed by atoms with Crippen molar-refractivity contribution in [2.24, 2.45) is 5.92 Å². The number of rotatable bonds is 6. The van der Waals surface area contributed by atoms with Crippen molar-refractivity contribution in [3.63, 3.8) is 0 Å². The summed E-state index contributed by atoms with van der Waals surface area (Å²) in [7, 11) is -4.31. The quantitative estimate of drug-likeness (QED) is 0.825. The molecule has 0 bridgehead atoms. The summed E-state index contributed by atoms with van der Waals surface area (Å²) < 4.78 is 53.7. The van der Waals surface area contributed by atoms with Crippen molar-refractivity contribution in [3.05, 3.63) is 59.7 Å². The molecule has 0 aromatic heterocycles. The fourth-order valence-corrected chi connectivity index (χ4v) is 3.46. The van der Waals surface area contributed by atoms with E-state index in [4.69, 9.17) is 0 Å². The van der Waals surface area contributed by atoms with Gasteiger partial charge in [-0.15, -0.1) is 0 Å². The number of benzene rings is 2. The van der Waals surface area contributed by atoms with Crippen molar-refractivity contribution < 1.29 is 22.0 Å². The van der Waals surface area contributed by atoms with Crippen molar-refractivity contribution in [2.75, 3.05) is 11.3 Å². The second kappa shape index (κ2) is 6.79. The van der Waals surface area contributed by atoms with Gasteiger partial charge in [0.05, 0.1) is 11.3 Å². The molecule has 3 rings (SSSR count). The van der Waals surface area contributed by atoms with Crippen LogP contribution in [-0.4, -0.2) is 20.9 Å².